The van der Waals surface area contributed by atoms with Crippen LogP contribution in [0.15, 0.2) is 78.9 Å². The lowest BCUT2D eigenvalue weighted by atomic mass is 10.2. The normalized spacial score (nSPS) is 11.2. The summed E-state index contributed by atoms with van der Waals surface area (Å²) in [4.78, 5) is 34.7. The summed E-state index contributed by atoms with van der Waals surface area (Å²) < 4.78 is 10.8. The highest BCUT2D eigenvalue weighted by Crippen LogP contribution is 2.23. The van der Waals surface area contributed by atoms with Gasteiger partial charge in [-0.25, -0.2) is 4.79 Å². The number of carbonyl (C=O) groups is 2. The third kappa shape index (κ3) is 5.41. The first-order valence-electron chi connectivity index (χ1n) is 9.01. The molecule has 0 fully saturated rings. The molecular formula is C22H18N2O6. The van der Waals surface area contributed by atoms with Crippen molar-refractivity contribution in [1.29, 1.82) is 0 Å². The Bertz CT molecular complexity index is 1050. The van der Waals surface area contributed by atoms with Gasteiger partial charge in [-0.15, -0.1) is 0 Å². The topological polar surface area (TPSA) is 108 Å². The minimum Gasteiger partial charge on any atom is -0.457 e. The number of hydrogen-bond acceptors (Lipinski definition) is 6. The van der Waals surface area contributed by atoms with Gasteiger partial charge in [0.25, 0.3) is 11.6 Å². The highest BCUT2D eigenvalue weighted by atomic mass is 16.6. The van der Waals surface area contributed by atoms with Crippen LogP contribution in [0.25, 0.3) is 0 Å². The number of nitro benzene ring substituents is 1. The highest BCUT2D eigenvalue weighted by molar-refractivity contribution is 5.97. The number of hydrogen-bond donors (Lipinski definition) is 1. The molecule has 8 nitrogen and oxygen atoms in total. The fraction of sp³-hybridized carbons (Fsp3) is 0.0909. The van der Waals surface area contributed by atoms with Crippen molar-refractivity contribution in [2.24, 2.45) is 0 Å². The Morgan fingerprint density at radius 3 is 2.27 bits per heavy atom. The Balaban J connectivity index is 1.56. The van der Waals surface area contributed by atoms with Crippen molar-refractivity contribution in [2.45, 2.75) is 13.0 Å². The summed E-state index contributed by atoms with van der Waals surface area (Å²) in [6.07, 6.45) is -1.10. The zero-order chi connectivity index (χ0) is 21.5. The maximum atomic E-state index is 12.3. The molecular weight excluding hydrogens is 388 g/mol. The van der Waals surface area contributed by atoms with Crippen LogP contribution in [0.5, 0.6) is 11.5 Å². The maximum absolute atomic E-state index is 12.3. The summed E-state index contributed by atoms with van der Waals surface area (Å²) in [6, 6.07) is 21.1. The fourth-order valence-electron chi connectivity index (χ4n) is 2.50. The van der Waals surface area contributed by atoms with Crippen molar-refractivity contribution in [1.82, 2.24) is 0 Å². The monoisotopic (exact) mass is 406 g/mol. The van der Waals surface area contributed by atoms with Gasteiger partial charge in [0.05, 0.1) is 10.5 Å². The minimum atomic E-state index is -1.10. The molecule has 1 unspecified atom stereocenters. The average molecular weight is 406 g/mol. The van der Waals surface area contributed by atoms with E-state index in [9.17, 15) is 19.7 Å². The van der Waals surface area contributed by atoms with Crippen LogP contribution in [0.1, 0.15) is 17.3 Å². The standard InChI is InChI=1S/C22H18N2O6/c1-15(29-22(26)16-6-5-7-18(14-16)24(27)28)21(25)23-17-10-12-20(13-11-17)30-19-8-3-2-4-9-19/h2-15H,1H3,(H,23,25). The predicted molar refractivity (Wildman–Crippen MR) is 110 cm³/mol. The number of amides is 1. The zero-order valence-corrected chi connectivity index (χ0v) is 16.0. The van der Waals surface area contributed by atoms with Crippen LogP contribution in [-0.2, 0) is 9.53 Å². The van der Waals surface area contributed by atoms with Crippen molar-refractivity contribution in [3.63, 3.8) is 0 Å². The quantitative estimate of drug-likeness (QED) is 0.350. The van der Waals surface area contributed by atoms with E-state index < -0.39 is 22.9 Å². The number of anilines is 1. The molecule has 0 radical (unpaired) electrons. The third-order valence-electron chi connectivity index (χ3n) is 4.05. The van der Waals surface area contributed by atoms with Crippen LogP contribution in [0, 0.1) is 10.1 Å². The number of para-hydroxylation sites is 1. The Hall–Kier alpha value is -4.20. The van der Waals surface area contributed by atoms with Gasteiger partial charge in [-0.3, -0.25) is 14.9 Å². The number of benzene rings is 3. The summed E-state index contributed by atoms with van der Waals surface area (Å²) in [7, 11) is 0. The van der Waals surface area contributed by atoms with Crippen LogP contribution < -0.4 is 10.1 Å². The predicted octanol–water partition coefficient (Wildman–Crippen LogP) is 4.57. The number of rotatable bonds is 7. The second kappa shape index (κ2) is 9.33. The molecule has 0 spiro atoms. The first-order chi connectivity index (χ1) is 14.4. The molecule has 0 aromatic heterocycles. The lowest BCUT2D eigenvalue weighted by Crippen LogP contribution is -2.30. The average Bonchev–Trinajstić information content (AvgIpc) is 2.75. The lowest BCUT2D eigenvalue weighted by molar-refractivity contribution is -0.384. The molecule has 0 saturated heterocycles. The van der Waals surface area contributed by atoms with Crippen LogP contribution >= 0.6 is 0 Å². The summed E-state index contributed by atoms with van der Waals surface area (Å²) in [5.41, 5.74) is 0.254. The summed E-state index contributed by atoms with van der Waals surface area (Å²) >= 11 is 0. The van der Waals surface area contributed by atoms with Crippen molar-refractivity contribution in [3.8, 4) is 11.5 Å². The van der Waals surface area contributed by atoms with Gasteiger partial charge in [0.15, 0.2) is 6.10 Å². The van der Waals surface area contributed by atoms with Crippen LogP contribution in [-0.4, -0.2) is 22.9 Å². The molecule has 0 aliphatic heterocycles. The summed E-state index contributed by atoms with van der Waals surface area (Å²) in [5, 5.41) is 13.5. The summed E-state index contributed by atoms with van der Waals surface area (Å²) in [5.74, 6) is -0.0706. The molecule has 152 valence electrons. The largest absolute Gasteiger partial charge is 0.457 e. The number of nitro groups is 1. The first kappa shape index (κ1) is 20.5. The van der Waals surface area contributed by atoms with Crippen LogP contribution in [0.3, 0.4) is 0 Å². The van der Waals surface area contributed by atoms with E-state index in [-0.39, 0.29) is 11.3 Å². The van der Waals surface area contributed by atoms with Gasteiger partial charge in [-0.05, 0) is 49.4 Å². The SMILES string of the molecule is CC(OC(=O)c1cccc([N+](=O)[O-])c1)C(=O)Nc1ccc(Oc2ccccc2)cc1. The highest BCUT2D eigenvalue weighted by Gasteiger charge is 2.20. The Labute approximate surface area is 172 Å². The molecule has 0 aliphatic rings. The number of carbonyl (C=O) groups excluding carboxylic acids is 2. The van der Waals surface area contributed by atoms with E-state index in [0.29, 0.717) is 17.2 Å². The Morgan fingerprint density at radius 1 is 0.933 bits per heavy atom. The molecule has 1 amide bonds. The summed E-state index contributed by atoms with van der Waals surface area (Å²) in [6.45, 7) is 1.41. The van der Waals surface area contributed by atoms with Gasteiger partial charge in [0.1, 0.15) is 11.5 Å². The third-order valence-corrected chi connectivity index (χ3v) is 4.05. The van der Waals surface area contributed by atoms with E-state index in [4.69, 9.17) is 9.47 Å². The fourth-order valence-corrected chi connectivity index (χ4v) is 2.50. The second-order valence-electron chi connectivity index (χ2n) is 6.28. The number of nitrogens with one attached hydrogen (secondary N) is 1. The first-order valence-corrected chi connectivity index (χ1v) is 9.01. The van der Waals surface area contributed by atoms with E-state index in [1.807, 2.05) is 30.3 Å². The molecule has 0 saturated carbocycles. The van der Waals surface area contributed by atoms with Gasteiger partial charge in [-0.1, -0.05) is 24.3 Å². The second-order valence-corrected chi connectivity index (χ2v) is 6.28. The van der Waals surface area contributed by atoms with Crippen LogP contribution in [0.2, 0.25) is 0 Å². The number of non-ortho nitro benzene ring substituents is 1. The molecule has 1 N–H and O–H groups in total. The van der Waals surface area contributed by atoms with Gasteiger partial charge in [-0.2, -0.15) is 0 Å². The van der Waals surface area contributed by atoms with Crippen molar-refractivity contribution >= 4 is 23.3 Å². The van der Waals surface area contributed by atoms with E-state index in [0.717, 1.165) is 6.07 Å². The molecule has 3 aromatic rings. The van der Waals surface area contributed by atoms with Gasteiger partial charge < -0.3 is 14.8 Å². The van der Waals surface area contributed by atoms with E-state index in [1.54, 1.807) is 24.3 Å². The van der Waals surface area contributed by atoms with Crippen molar-refractivity contribution in [2.75, 3.05) is 5.32 Å². The number of ether oxygens (including phenoxy) is 2. The van der Waals surface area contributed by atoms with Gasteiger partial charge >= 0.3 is 5.97 Å². The van der Waals surface area contributed by atoms with Crippen LogP contribution in [0.4, 0.5) is 11.4 Å². The van der Waals surface area contributed by atoms with Crippen molar-refractivity contribution < 1.29 is 24.0 Å². The van der Waals surface area contributed by atoms with E-state index in [2.05, 4.69) is 5.32 Å². The molecule has 3 aromatic carbocycles. The smallest absolute Gasteiger partial charge is 0.339 e. The molecule has 30 heavy (non-hydrogen) atoms. The minimum absolute atomic E-state index is 0.00809. The van der Waals surface area contributed by atoms with Gasteiger partial charge in [0, 0.05) is 17.8 Å². The Morgan fingerprint density at radius 2 is 1.60 bits per heavy atom. The zero-order valence-electron chi connectivity index (χ0n) is 16.0. The lowest BCUT2D eigenvalue weighted by Gasteiger charge is -2.14. The Kier molecular flexibility index (Phi) is 6.39. The maximum Gasteiger partial charge on any atom is 0.339 e. The van der Waals surface area contributed by atoms with Crippen molar-refractivity contribution in [3.05, 3.63) is 94.5 Å². The van der Waals surface area contributed by atoms with E-state index in [1.165, 1.54) is 25.1 Å². The number of esters is 1. The molecule has 3 rings (SSSR count). The molecule has 8 heteroatoms. The molecule has 0 aliphatic carbocycles. The molecule has 0 heterocycles. The number of nitrogens with zero attached hydrogens (tertiary/aromatic N) is 1. The van der Waals surface area contributed by atoms with Gasteiger partial charge in [0.2, 0.25) is 0 Å². The van der Waals surface area contributed by atoms with E-state index >= 15 is 0 Å². The molecule has 1 atom stereocenters. The molecule has 0 bridgehead atoms.